The van der Waals surface area contributed by atoms with Crippen molar-refractivity contribution in [3.05, 3.63) is 76.9 Å². The molecule has 0 aliphatic carbocycles. The van der Waals surface area contributed by atoms with Gasteiger partial charge in [0.05, 0.1) is 18.2 Å². The van der Waals surface area contributed by atoms with E-state index in [9.17, 15) is 9.65 Å². The molecule has 2 heterocycles. The van der Waals surface area contributed by atoms with E-state index in [4.69, 9.17) is 15.2 Å². The third-order valence-corrected chi connectivity index (χ3v) is 5.24. The number of hydrogen-bond acceptors (Lipinski definition) is 6. The van der Waals surface area contributed by atoms with Gasteiger partial charge in [-0.3, -0.25) is 0 Å². The lowest BCUT2D eigenvalue weighted by atomic mass is 9.74. The summed E-state index contributed by atoms with van der Waals surface area (Å²) in [5.74, 6) is -0.369. The van der Waals surface area contributed by atoms with Crippen LogP contribution in [0.1, 0.15) is 30.0 Å². The van der Waals surface area contributed by atoms with Crippen LogP contribution in [-0.4, -0.2) is 12.8 Å². The molecule has 0 saturated carbocycles. The van der Waals surface area contributed by atoms with E-state index in [2.05, 4.69) is 16.9 Å². The van der Waals surface area contributed by atoms with Gasteiger partial charge in [-0.25, -0.2) is 15.2 Å². The number of hydrogen-bond donors (Lipinski definition) is 3. The lowest BCUT2D eigenvalue weighted by Gasteiger charge is -2.36. The molecule has 1 fully saturated rings. The van der Waals surface area contributed by atoms with Gasteiger partial charge in [0.2, 0.25) is 5.88 Å². The zero-order chi connectivity index (χ0) is 19.7. The minimum absolute atomic E-state index is 0.0265. The first-order valence-corrected chi connectivity index (χ1v) is 9.18. The van der Waals surface area contributed by atoms with E-state index in [0.717, 1.165) is 11.3 Å². The van der Waals surface area contributed by atoms with Crippen LogP contribution < -0.4 is 21.3 Å². The molecule has 2 aliphatic heterocycles. The van der Waals surface area contributed by atoms with E-state index in [1.165, 1.54) is 6.07 Å². The molecule has 2 aromatic rings. The molecule has 2 aromatic carbocycles. The van der Waals surface area contributed by atoms with Gasteiger partial charge in [-0.1, -0.05) is 30.3 Å². The first-order valence-electron chi connectivity index (χ1n) is 9.18. The van der Waals surface area contributed by atoms with Crippen LogP contribution in [0.25, 0.3) is 0 Å². The van der Waals surface area contributed by atoms with Crippen LogP contribution in [0.15, 0.2) is 60.0 Å². The number of allylic oxidation sites excluding steroid dienone is 1. The summed E-state index contributed by atoms with van der Waals surface area (Å²) in [6, 6.07) is 16.1. The van der Waals surface area contributed by atoms with Gasteiger partial charge in [0.25, 0.3) is 0 Å². The highest BCUT2D eigenvalue weighted by Crippen LogP contribution is 2.47. The highest BCUT2D eigenvalue weighted by atomic mass is 19.1. The molecule has 0 amide bonds. The average molecular weight is 380 g/mol. The molecular weight excluding hydrogens is 359 g/mol. The zero-order valence-corrected chi connectivity index (χ0v) is 15.4. The first-order chi connectivity index (χ1) is 13.6. The summed E-state index contributed by atoms with van der Waals surface area (Å²) in [6.07, 6.45) is -0.488. The smallest absolute Gasteiger partial charge is 0.200 e. The summed E-state index contributed by atoms with van der Waals surface area (Å²) in [5, 5.41) is 9.71. The highest BCUT2D eigenvalue weighted by molar-refractivity contribution is 5.43. The predicted octanol–water partition coefficient (Wildman–Crippen LogP) is 2.82. The molecule has 4 N–H and O–H groups in total. The first kappa shape index (κ1) is 18.3. The molecule has 0 radical (unpaired) electrons. The van der Waals surface area contributed by atoms with E-state index in [1.807, 2.05) is 31.2 Å². The standard InChI is InChI=1S/C21H21FN4O2/c1-2-27-13-9-7-12(8-10-13)19-18-17(14-5-3-4-6-16(14)22)15(11-23)20(24)28-21(18)26-25-19/h3-10,17-19,21,25-26H,2,24H2,1H3. The van der Waals surface area contributed by atoms with E-state index in [1.54, 1.807) is 18.2 Å². The van der Waals surface area contributed by atoms with Crippen LogP contribution in [-0.2, 0) is 4.74 Å². The van der Waals surface area contributed by atoms with Crippen LogP contribution in [0.2, 0.25) is 0 Å². The third kappa shape index (κ3) is 3.07. The predicted molar refractivity (Wildman–Crippen MR) is 101 cm³/mol. The number of benzene rings is 2. The zero-order valence-electron chi connectivity index (χ0n) is 15.4. The normalized spacial score (nSPS) is 26.3. The van der Waals surface area contributed by atoms with Gasteiger partial charge in [-0.2, -0.15) is 5.26 Å². The molecule has 7 heteroatoms. The Labute approximate surface area is 162 Å². The number of hydrazine groups is 1. The van der Waals surface area contributed by atoms with Gasteiger partial charge in [0.1, 0.15) is 17.6 Å². The minimum atomic E-state index is -0.538. The highest BCUT2D eigenvalue weighted by Gasteiger charge is 2.49. The maximum Gasteiger partial charge on any atom is 0.200 e. The van der Waals surface area contributed by atoms with Crippen LogP contribution in [0.3, 0.4) is 0 Å². The van der Waals surface area contributed by atoms with E-state index < -0.39 is 12.1 Å². The fourth-order valence-electron chi connectivity index (χ4n) is 4.02. The summed E-state index contributed by atoms with van der Waals surface area (Å²) in [5.41, 5.74) is 14.0. The van der Waals surface area contributed by atoms with Gasteiger partial charge in [-0.05, 0) is 36.2 Å². The fourth-order valence-corrected chi connectivity index (χ4v) is 4.02. The van der Waals surface area contributed by atoms with E-state index in [0.29, 0.717) is 12.2 Å². The maximum absolute atomic E-state index is 14.7. The number of fused-ring (bicyclic) bond motifs is 1. The number of nitriles is 1. The van der Waals surface area contributed by atoms with Crippen molar-refractivity contribution < 1.29 is 13.9 Å². The monoisotopic (exact) mass is 380 g/mol. The van der Waals surface area contributed by atoms with E-state index >= 15 is 0 Å². The molecule has 28 heavy (non-hydrogen) atoms. The molecule has 0 bridgehead atoms. The second kappa shape index (κ2) is 7.50. The molecule has 2 aliphatic rings. The summed E-state index contributed by atoms with van der Waals surface area (Å²) >= 11 is 0. The van der Waals surface area contributed by atoms with E-state index in [-0.39, 0.29) is 29.2 Å². The number of halogens is 1. The van der Waals surface area contributed by atoms with Gasteiger partial charge >= 0.3 is 0 Å². The van der Waals surface area contributed by atoms with Crippen molar-refractivity contribution in [1.82, 2.24) is 10.9 Å². The van der Waals surface area contributed by atoms with Crippen molar-refractivity contribution in [2.24, 2.45) is 11.7 Å². The molecule has 4 unspecified atom stereocenters. The molecule has 0 spiro atoms. The van der Waals surface area contributed by atoms with Gasteiger partial charge in [0.15, 0.2) is 6.23 Å². The number of nitrogens with one attached hydrogen (secondary N) is 2. The van der Waals surface area contributed by atoms with Crippen molar-refractivity contribution in [2.75, 3.05) is 6.61 Å². The minimum Gasteiger partial charge on any atom is -0.494 e. The second-order valence-electron chi connectivity index (χ2n) is 6.77. The quantitative estimate of drug-likeness (QED) is 0.755. The SMILES string of the molecule is CCOc1ccc(C2NNC3OC(N)=C(C#N)C(c4ccccc4F)C32)cc1. The van der Waals surface area contributed by atoms with Gasteiger partial charge < -0.3 is 15.2 Å². The average Bonchev–Trinajstić information content (AvgIpc) is 3.12. The Morgan fingerprint density at radius 3 is 2.61 bits per heavy atom. The van der Waals surface area contributed by atoms with Crippen molar-refractivity contribution in [2.45, 2.75) is 25.1 Å². The fraction of sp³-hybridized carbons (Fsp3) is 0.286. The number of ether oxygens (including phenoxy) is 2. The van der Waals surface area contributed by atoms with Crippen molar-refractivity contribution in [3.63, 3.8) is 0 Å². The Hall–Kier alpha value is -3.08. The molecule has 4 atom stereocenters. The molecule has 6 nitrogen and oxygen atoms in total. The van der Waals surface area contributed by atoms with Crippen molar-refractivity contribution in [1.29, 1.82) is 5.26 Å². The third-order valence-electron chi connectivity index (χ3n) is 5.24. The van der Waals surface area contributed by atoms with Crippen LogP contribution in [0.5, 0.6) is 5.75 Å². The van der Waals surface area contributed by atoms with Gasteiger partial charge in [-0.15, -0.1) is 0 Å². The molecule has 144 valence electrons. The second-order valence-corrected chi connectivity index (χ2v) is 6.77. The Bertz CT molecular complexity index is 938. The summed E-state index contributed by atoms with van der Waals surface area (Å²) in [7, 11) is 0. The Morgan fingerprint density at radius 1 is 1.18 bits per heavy atom. The number of nitrogens with zero attached hydrogens (tertiary/aromatic N) is 1. The lowest BCUT2D eigenvalue weighted by Crippen LogP contribution is -2.41. The Kier molecular flexibility index (Phi) is 4.90. The summed E-state index contributed by atoms with van der Waals surface area (Å²) in [4.78, 5) is 0. The summed E-state index contributed by atoms with van der Waals surface area (Å²) < 4.78 is 25.9. The Balaban J connectivity index is 1.77. The Morgan fingerprint density at radius 2 is 1.93 bits per heavy atom. The summed E-state index contributed by atoms with van der Waals surface area (Å²) in [6.45, 7) is 2.52. The van der Waals surface area contributed by atoms with Crippen molar-refractivity contribution in [3.8, 4) is 11.8 Å². The van der Waals surface area contributed by atoms with Crippen LogP contribution in [0, 0.1) is 23.1 Å². The molecule has 4 rings (SSSR count). The lowest BCUT2D eigenvalue weighted by molar-refractivity contribution is 0.0336. The van der Waals surface area contributed by atoms with Gasteiger partial charge in [0, 0.05) is 11.8 Å². The number of nitrogens with two attached hydrogens (primary N) is 1. The van der Waals surface area contributed by atoms with Crippen LogP contribution >= 0.6 is 0 Å². The number of rotatable bonds is 4. The van der Waals surface area contributed by atoms with Crippen LogP contribution in [0.4, 0.5) is 4.39 Å². The topological polar surface area (TPSA) is 92.3 Å². The molecular formula is C21H21FN4O2. The molecule has 1 saturated heterocycles. The van der Waals surface area contributed by atoms with Crippen molar-refractivity contribution >= 4 is 0 Å². The largest absolute Gasteiger partial charge is 0.494 e. The molecule has 0 aromatic heterocycles. The maximum atomic E-state index is 14.7.